The Morgan fingerprint density at radius 1 is 1.06 bits per heavy atom. The SMILES string of the molecule is Cc1cc(C(=O)Nc2ccc(Cl)c(Cl)c2)ccc1N1C(=O)CSC1c1ccc(F)cc1. The number of nitrogens with one attached hydrogen (secondary N) is 1. The average molecular weight is 475 g/mol. The fourth-order valence-corrected chi connectivity index (χ4v) is 4.87. The number of benzene rings is 3. The Morgan fingerprint density at radius 3 is 2.48 bits per heavy atom. The number of anilines is 2. The topological polar surface area (TPSA) is 49.4 Å². The lowest BCUT2D eigenvalue weighted by molar-refractivity contribution is -0.115. The van der Waals surface area contributed by atoms with Gasteiger partial charge in [-0.3, -0.25) is 14.5 Å². The molecule has 1 fully saturated rings. The molecule has 1 unspecified atom stereocenters. The number of hydrogen-bond donors (Lipinski definition) is 1. The van der Waals surface area contributed by atoms with Crippen molar-refractivity contribution in [2.24, 2.45) is 0 Å². The first-order chi connectivity index (χ1) is 14.8. The number of hydrogen-bond acceptors (Lipinski definition) is 3. The number of carbonyl (C=O) groups is 2. The standard InChI is InChI=1S/C23H17Cl2FN2O2S/c1-13-10-15(22(30)27-17-7-8-18(24)19(25)11-17)4-9-20(13)28-21(29)12-31-23(28)14-2-5-16(26)6-3-14/h2-11,23H,12H2,1H3,(H,27,30). The number of thioether (sulfide) groups is 1. The van der Waals surface area contributed by atoms with E-state index >= 15 is 0 Å². The Labute approximate surface area is 193 Å². The normalized spacial score (nSPS) is 15.9. The van der Waals surface area contributed by atoms with Gasteiger partial charge < -0.3 is 5.32 Å². The van der Waals surface area contributed by atoms with Crippen LogP contribution >= 0.6 is 35.0 Å². The maximum absolute atomic E-state index is 13.3. The molecule has 3 aromatic carbocycles. The van der Waals surface area contributed by atoms with E-state index in [9.17, 15) is 14.0 Å². The van der Waals surface area contributed by atoms with Crippen LogP contribution < -0.4 is 10.2 Å². The van der Waals surface area contributed by atoms with Gasteiger partial charge in [0.2, 0.25) is 5.91 Å². The molecule has 0 aliphatic carbocycles. The van der Waals surface area contributed by atoms with E-state index in [1.54, 1.807) is 53.4 Å². The van der Waals surface area contributed by atoms with E-state index in [4.69, 9.17) is 23.2 Å². The van der Waals surface area contributed by atoms with Crippen LogP contribution in [0.5, 0.6) is 0 Å². The van der Waals surface area contributed by atoms with Gasteiger partial charge >= 0.3 is 0 Å². The summed E-state index contributed by atoms with van der Waals surface area (Å²) in [6.45, 7) is 1.85. The lowest BCUT2D eigenvalue weighted by Gasteiger charge is -2.26. The van der Waals surface area contributed by atoms with Crippen LogP contribution in [0.3, 0.4) is 0 Å². The zero-order valence-corrected chi connectivity index (χ0v) is 18.7. The average Bonchev–Trinajstić information content (AvgIpc) is 3.12. The third-order valence-corrected chi connectivity index (χ3v) is 6.87. The molecule has 4 nitrogen and oxygen atoms in total. The zero-order chi connectivity index (χ0) is 22.1. The predicted molar refractivity (Wildman–Crippen MR) is 125 cm³/mol. The van der Waals surface area contributed by atoms with Crippen LogP contribution in [0.1, 0.15) is 26.9 Å². The van der Waals surface area contributed by atoms with Crippen LogP contribution in [0, 0.1) is 12.7 Å². The molecule has 31 heavy (non-hydrogen) atoms. The highest BCUT2D eigenvalue weighted by atomic mass is 35.5. The molecule has 1 aliphatic heterocycles. The van der Waals surface area contributed by atoms with Crippen LogP contribution in [0.25, 0.3) is 0 Å². The Hall–Kier alpha value is -2.54. The zero-order valence-electron chi connectivity index (χ0n) is 16.4. The smallest absolute Gasteiger partial charge is 0.255 e. The van der Waals surface area contributed by atoms with Gasteiger partial charge in [-0.25, -0.2) is 4.39 Å². The highest BCUT2D eigenvalue weighted by Gasteiger charge is 2.34. The van der Waals surface area contributed by atoms with Gasteiger partial charge in [0.05, 0.1) is 15.8 Å². The summed E-state index contributed by atoms with van der Waals surface area (Å²) in [6, 6.07) is 16.2. The molecule has 158 valence electrons. The molecule has 1 aliphatic rings. The van der Waals surface area contributed by atoms with Gasteiger partial charge in [-0.2, -0.15) is 0 Å². The summed E-state index contributed by atoms with van der Waals surface area (Å²) in [5.74, 6) is -0.319. The molecule has 3 aromatic rings. The molecule has 1 N–H and O–H groups in total. The van der Waals surface area contributed by atoms with Gasteiger partial charge in [0.25, 0.3) is 5.91 Å². The minimum absolute atomic E-state index is 0.0320. The maximum atomic E-state index is 13.3. The van der Waals surface area contributed by atoms with E-state index < -0.39 is 0 Å². The third-order valence-electron chi connectivity index (χ3n) is 4.92. The molecule has 0 saturated carbocycles. The molecule has 1 saturated heterocycles. The summed E-state index contributed by atoms with van der Waals surface area (Å²) in [5, 5.41) is 3.30. The fraction of sp³-hybridized carbons (Fsp3) is 0.130. The van der Waals surface area contributed by atoms with Crippen LogP contribution in [0.4, 0.5) is 15.8 Å². The lowest BCUT2D eigenvalue weighted by atomic mass is 10.1. The number of halogens is 3. The molecule has 0 radical (unpaired) electrons. The second kappa shape index (κ2) is 8.91. The van der Waals surface area contributed by atoms with E-state index in [0.29, 0.717) is 27.0 Å². The van der Waals surface area contributed by atoms with Crippen molar-refractivity contribution in [2.75, 3.05) is 16.0 Å². The second-order valence-corrected chi connectivity index (χ2v) is 8.95. The van der Waals surface area contributed by atoms with E-state index in [2.05, 4.69) is 5.32 Å². The number of carbonyl (C=O) groups excluding carboxylic acids is 2. The predicted octanol–water partition coefficient (Wildman–Crippen LogP) is 6.47. The molecule has 1 atom stereocenters. The van der Waals surface area contributed by atoms with Crippen molar-refractivity contribution in [3.05, 3.63) is 93.2 Å². The highest BCUT2D eigenvalue weighted by molar-refractivity contribution is 8.00. The van der Waals surface area contributed by atoms with Crippen LogP contribution in [-0.4, -0.2) is 17.6 Å². The first-order valence-corrected chi connectivity index (χ1v) is 11.2. The van der Waals surface area contributed by atoms with Gasteiger partial charge in [-0.05, 0) is 66.6 Å². The van der Waals surface area contributed by atoms with Crippen molar-refractivity contribution in [3.63, 3.8) is 0 Å². The molecule has 1 heterocycles. The van der Waals surface area contributed by atoms with Crippen LogP contribution in [-0.2, 0) is 4.79 Å². The number of aryl methyl sites for hydroxylation is 1. The van der Waals surface area contributed by atoms with Crippen molar-refractivity contribution in [1.82, 2.24) is 0 Å². The van der Waals surface area contributed by atoms with Crippen LogP contribution in [0.2, 0.25) is 10.0 Å². The molecule has 0 aromatic heterocycles. The minimum atomic E-state index is -0.321. The van der Waals surface area contributed by atoms with Gasteiger partial charge in [0, 0.05) is 16.9 Å². The number of amides is 2. The van der Waals surface area contributed by atoms with E-state index in [1.165, 1.54) is 23.9 Å². The Kier molecular flexibility index (Phi) is 6.23. The first kappa shape index (κ1) is 21.7. The molecular formula is C23H17Cl2FN2O2S. The largest absolute Gasteiger partial charge is 0.322 e. The van der Waals surface area contributed by atoms with Crippen molar-refractivity contribution < 1.29 is 14.0 Å². The molecule has 2 amide bonds. The quantitative estimate of drug-likeness (QED) is 0.471. The molecule has 8 heteroatoms. The second-order valence-electron chi connectivity index (χ2n) is 7.06. The van der Waals surface area contributed by atoms with Gasteiger partial charge in [0.1, 0.15) is 11.2 Å². The van der Waals surface area contributed by atoms with Gasteiger partial charge in [-0.15, -0.1) is 11.8 Å². The number of nitrogens with zero attached hydrogens (tertiary/aromatic N) is 1. The first-order valence-electron chi connectivity index (χ1n) is 9.39. The van der Waals surface area contributed by atoms with Gasteiger partial charge in [0.15, 0.2) is 0 Å². The Bertz CT molecular complexity index is 1170. The van der Waals surface area contributed by atoms with Gasteiger partial charge in [-0.1, -0.05) is 35.3 Å². The van der Waals surface area contributed by atoms with E-state index in [-0.39, 0.29) is 23.0 Å². The summed E-state index contributed by atoms with van der Waals surface area (Å²) in [5.41, 5.74) is 3.33. The minimum Gasteiger partial charge on any atom is -0.322 e. The molecule has 0 bridgehead atoms. The molecule has 0 spiro atoms. The summed E-state index contributed by atoms with van der Waals surface area (Å²) in [6.07, 6.45) is 0. The Balaban J connectivity index is 1.58. The monoisotopic (exact) mass is 474 g/mol. The maximum Gasteiger partial charge on any atom is 0.255 e. The summed E-state index contributed by atoms with van der Waals surface area (Å²) >= 11 is 13.4. The van der Waals surface area contributed by atoms with E-state index in [0.717, 1.165) is 16.8 Å². The summed E-state index contributed by atoms with van der Waals surface area (Å²) in [7, 11) is 0. The fourth-order valence-electron chi connectivity index (χ4n) is 3.40. The van der Waals surface area contributed by atoms with Crippen molar-refractivity contribution in [2.45, 2.75) is 12.3 Å². The molecular weight excluding hydrogens is 458 g/mol. The van der Waals surface area contributed by atoms with Crippen molar-refractivity contribution in [1.29, 1.82) is 0 Å². The third kappa shape index (κ3) is 4.56. The van der Waals surface area contributed by atoms with Crippen LogP contribution in [0.15, 0.2) is 60.7 Å². The van der Waals surface area contributed by atoms with E-state index in [1.807, 2.05) is 6.92 Å². The number of rotatable bonds is 4. The van der Waals surface area contributed by atoms with Crippen molar-refractivity contribution >= 4 is 58.2 Å². The van der Waals surface area contributed by atoms with Crippen molar-refractivity contribution in [3.8, 4) is 0 Å². The highest BCUT2D eigenvalue weighted by Crippen LogP contribution is 2.43. The summed E-state index contributed by atoms with van der Waals surface area (Å²) < 4.78 is 13.3. The molecule has 4 rings (SSSR count). The summed E-state index contributed by atoms with van der Waals surface area (Å²) in [4.78, 5) is 27.0. The Morgan fingerprint density at radius 2 is 1.81 bits per heavy atom. The lowest BCUT2D eigenvalue weighted by Crippen LogP contribution is -2.28.